The smallest absolute Gasteiger partial charge is 0.126 e. The maximum absolute atomic E-state index is 13.5. The lowest BCUT2D eigenvalue weighted by Crippen LogP contribution is -2.22. The van der Waals surface area contributed by atoms with E-state index in [4.69, 9.17) is 9.47 Å². The zero-order chi connectivity index (χ0) is 19.3. The van der Waals surface area contributed by atoms with Crippen LogP contribution in [-0.4, -0.2) is 23.4 Å². The van der Waals surface area contributed by atoms with Gasteiger partial charge in [-0.05, 0) is 79.3 Å². The molecular weight excluding hydrogens is 354 g/mol. The van der Waals surface area contributed by atoms with Gasteiger partial charge in [-0.25, -0.2) is 8.78 Å². The summed E-state index contributed by atoms with van der Waals surface area (Å²) in [6, 6.07) is 7.56. The maximum atomic E-state index is 13.5. The predicted octanol–water partition coefficient (Wildman–Crippen LogP) is 6.11. The number of halogens is 2. The Balaban J connectivity index is 2.11. The SMILES string of the molecule is CCS(CC)(COc1ccc(F)cc1C)COc1c(C)cc(F)cc1C. The first-order valence-corrected chi connectivity index (χ1v) is 11.1. The fourth-order valence-corrected chi connectivity index (χ4v) is 4.73. The fraction of sp³-hybridized carbons (Fsp3) is 0.429. The monoisotopic (exact) mass is 382 g/mol. The summed E-state index contributed by atoms with van der Waals surface area (Å²) in [7, 11) is -1.17. The van der Waals surface area contributed by atoms with E-state index >= 15 is 0 Å². The van der Waals surface area contributed by atoms with E-state index in [-0.39, 0.29) is 11.6 Å². The Bertz CT molecular complexity index is 735. The van der Waals surface area contributed by atoms with Crippen LogP contribution in [0.25, 0.3) is 0 Å². The third-order valence-corrected chi connectivity index (χ3v) is 8.39. The Morgan fingerprint density at radius 3 is 1.85 bits per heavy atom. The molecule has 0 atom stereocenters. The summed E-state index contributed by atoms with van der Waals surface area (Å²) in [5, 5.41) is 0. The van der Waals surface area contributed by atoms with Gasteiger partial charge in [0.2, 0.25) is 0 Å². The summed E-state index contributed by atoms with van der Waals surface area (Å²) >= 11 is 0. The van der Waals surface area contributed by atoms with Crippen LogP contribution in [0.1, 0.15) is 30.5 Å². The third-order valence-electron chi connectivity index (χ3n) is 4.70. The van der Waals surface area contributed by atoms with E-state index in [0.29, 0.717) is 17.6 Å². The number of benzene rings is 2. The number of hydrogen-bond donors (Lipinski definition) is 0. The van der Waals surface area contributed by atoms with Crippen LogP contribution in [0.15, 0.2) is 30.3 Å². The molecule has 0 aliphatic rings. The van der Waals surface area contributed by atoms with Crippen LogP contribution in [0.2, 0.25) is 0 Å². The van der Waals surface area contributed by atoms with Crippen molar-refractivity contribution in [3.05, 3.63) is 58.7 Å². The lowest BCUT2D eigenvalue weighted by atomic mass is 10.1. The van der Waals surface area contributed by atoms with Gasteiger partial charge in [-0.15, -0.1) is 0 Å². The van der Waals surface area contributed by atoms with E-state index in [9.17, 15) is 8.78 Å². The first kappa shape index (κ1) is 20.6. The van der Waals surface area contributed by atoms with Crippen LogP contribution in [0, 0.1) is 32.4 Å². The first-order valence-electron chi connectivity index (χ1n) is 8.83. The molecule has 26 heavy (non-hydrogen) atoms. The van der Waals surface area contributed by atoms with Gasteiger partial charge in [0.1, 0.15) is 35.0 Å². The van der Waals surface area contributed by atoms with E-state index in [1.165, 1.54) is 24.3 Å². The van der Waals surface area contributed by atoms with Crippen molar-refractivity contribution in [1.82, 2.24) is 0 Å². The summed E-state index contributed by atoms with van der Waals surface area (Å²) < 4.78 is 38.9. The van der Waals surface area contributed by atoms with Crippen LogP contribution in [0.5, 0.6) is 11.5 Å². The molecule has 0 fully saturated rings. The Morgan fingerprint density at radius 1 is 0.769 bits per heavy atom. The normalized spacial score (nSPS) is 12.1. The van der Waals surface area contributed by atoms with Gasteiger partial charge in [0.15, 0.2) is 0 Å². The van der Waals surface area contributed by atoms with E-state index in [1.807, 2.05) is 20.8 Å². The van der Waals surface area contributed by atoms with Crippen molar-refractivity contribution in [2.45, 2.75) is 34.6 Å². The zero-order valence-corrected chi connectivity index (χ0v) is 17.0. The number of ether oxygens (including phenoxy) is 2. The van der Waals surface area contributed by atoms with Gasteiger partial charge in [0.25, 0.3) is 0 Å². The lowest BCUT2D eigenvalue weighted by molar-refractivity contribution is 0.360. The Labute approximate surface area is 156 Å². The van der Waals surface area contributed by atoms with Crippen molar-refractivity contribution in [3.8, 4) is 11.5 Å². The number of hydrogen-bond acceptors (Lipinski definition) is 2. The van der Waals surface area contributed by atoms with Crippen LogP contribution in [0.3, 0.4) is 0 Å². The molecule has 2 nitrogen and oxygen atoms in total. The highest BCUT2D eigenvalue weighted by Gasteiger charge is 2.23. The Hall–Kier alpha value is -1.75. The van der Waals surface area contributed by atoms with Crippen LogP contribution < -0.4 is 9.47 Å². The molecule has 0 radical (unpaired) electrons. The topological polar surface area (TPSA) is 18.5 Å². The minimum atomic E-state index is -1.17. The Kier molecular flexibility index (Phi) is 6.93. The molecule has 0 aromatic heterocycles. The van der Waals surface area contributed by atoms with E-state index in [1.54, 1.807) is 6.07 Å². The highest BCUT2D eigenvalue weighted by Crippen LogP contribution is 2.48. The molecule has 0 N–H and O–H groups in total. The van der Waals surface area contributed by atoms with Gasteiger partial charge in [0, 0.05) is 0 Å². The third kappa shape index (κ3) is 4.91. The minimum absolute atomic E-state index is 0.243. The average molecular weight is 383 g/mol. The summed E-state index contributed by atoms with van der Waals surface area (Å²) in [5.74, 6) is 4.00. The molecule has 0 unspecified atom stereocenters. The van der Waals surface area contributed by atoms with E-state index in [2.05, 4.69) is 13.8 Å². The molecule has 144 valence electrons. The number of rotatable bonds is 8. The van der Waals surface area contributed by atoms with E-state index in [0.717, 1.165) is 33.9 Å². The quantitative estimate of drug-likeness (QED) is 0.548. The average Bonchev–Trinajstić information content (AvgIpc) is 2.58. The highest BCUT2D eigenvalue weighted by atomic mass is 32.3. The van der Waals surface area contributed by atoms with Crippen LogP contribution in [-0.2, 0) is 0 Å². The van der Waals surface area contributed by atoms with Gasteiger partial charge in [-0.2, -0.15) is 10.0 Å². The fourth-order valence-electron chi connectivity index (χ4n) is 2.84. The molecule has 0 heterocycles. The van der Waals surface area contributed by atoms with Crippen molar-refractivity contribution in [2.24, 2.45) is 0 Å². The minimum Gasteiger partial charge on any atom is -0.484 e. The van der Waals surface area contributed by atoms with Gasteiger partial charge >= 0.3 is 0 Å². The summed E-state index contributed by atoms with van der Waals surface area (Å²) in [4.78, 5) is 0. The van der Waals surface area contributed by atoms with Crippen molar-refractivity contribution in [3.63, 3.8) is 0 Å². The molecule has 0 spiro atoms. The summed E-state index contributed by atoms with van der Waals surface area (Å²) in [6.07, 6.45) is 0. The lowest BCUT2D eigenvalue weighted by Gasteiger charge is -2.37. The predicted molar refractivity (Wildman–Crippen MR) is 107 cm³/mol. The second kappa shape index (κ2) is 8.76. The largest absolute Gasteiger partial charge is 0.484 e. The second-order valence-corrected chi connectivity index (χ2v) is 10.7. The molecule has 0 bridgehead atoms. The highest BCUT2D eigenvalue weighted by molar-refractivity contribution is 8.33. The molecule has 0 saturated carbocycles. The molecule has 5 heteroatoms. The van der Waals surface area contributed by atoms with Gasteiger partial charge in [0.05, 0.1) is 0 Å². The van der Waals surface area contributed by atoms with Crippen LogP contribution in [0.4, 0.5) is 8.78 Å². The molecular formula is C21H28F2O2S. The van der Waals surface area contributed by atoms with Crippen molar-refractivity contribution in [2.75, 3.05) is 23.4 Å². The van der Waals surface area contributed by atoms with Crippen molar-refractivity contribution in [1.29, 1.82) is 0 Å². The first-order chi connectivity index (χ1) is 12.3. The Morgan fingerprint density at radius 2 is 1.31 bits per heavy atom. The summed E-state index contributed by atoms with van der Waals surface area (Å²) in [6.45, 7) is 9.85. The molecule has 0 saturated heterocycles. The molecule has 0 amide bonds. The second-order valence-electron chi connectivity index (χ2n) is 6.61. The standard InChI is InChI=1S/C21H28F2O2S/c1-6-26(7-2,13-24-20-9-8-18(22)10-15(20)3)14-25-21-16(4)11-19(23)12-17(21)5/h8-12H,6-7,13-14H2,1-5H3. The van der Waals surface area contributed by atoms with Crippen molar-refractivity contribution >= 4 is 10.0 Å². The number of aryl methyl sites for hydroxylation is 3. The van der Waals surface area contributed by atoms with Gasteiger partial charge in [-0.3, -0.25) is 0 Å². The molecule has 2 aromatic carbocycles. The van der Waals surface area contributed by atoms with Crippen LogP contribution >= 0.6 is 10.0 Å². The van der Waals surface area contributed by atoms with Gasteiger partial charge in [-0.1, -0.05) is 13.8 Å². The molecule has 0 aliphatic heterocycles. The van der Waals surface area contributed by atoms with Gasteiger partial charge < -0.3 is 9.47 Å². The molecule has 2 rings (SSSR count). The maximum Gasteiger partial charge on any atom is 0.126 e. The van der Waals surface area contributed by atoms with Crippen molar-refractivity contribution < 1.29 is 18.3 Å². The molecule has 0 aliphatic carbocycles. The molecule has 2 aromatic rings. The zero-order valence-electron chi connectivity index (χ0n) is 16.2. The van der Waals surface area contributed by atoms with E-state index < -0.39 is 10.0 Å². The summed E-state index contributed by atoms with van der Waals surface area (Å²) in [5.41, 5.74) is 2.40.